The van der Waals surface area contributed by atoms with Gasteiger partial charge in [-0.2, -0.15) is 0 Å². The zero-order chi connectivity index (χ0) is 22.7. The summed E-state index contributed by atoms with van der Waals surface area (Å²) in [6.45, 7) is 3.72. The first-order valence-electron chi connectivity index (χ1n) is 11.2. The summed E-state index contributed by atoms with van der Waals surface area (Å²) in [6, 6.07) is 10.1. The maximum Gasteiger partial charge on any atom is 0.308 e. The summed E-state index contributed by atoms with van der Waals surface area (Å²) >= 11 is 5.42. The van der Waals surface area contributed by atoms with Crippen LogP contribution in [0.1, 0.15) is 24.8 Å². The van der Waals surface area contributed by atoms with Gasteiger partial charge in [0, 0.05) is 38.8 Å². The van der Waals surface area contributed by atoms with Crippen molar-refractivity contribution in [3.8, 4) is 0 Å². The van der Waals surface area contributed by atoms with Gasteiger partial charge in [-0.3, -0.25) is 24.2 Å². The number of ether oxygens (including phenoxy) is 1. The minimum Gasteiger partial charge on any atom is -0.469 e. The van der Waals surface area contributed by atoms with Gasteiger partial charge in [-0.1, -0.05) is 30.3 Å². The number of amides is 2. The van der Waals surface area contributed by atoms with E-state index < -0.39 is 0 Å². The minimum absolute atomic E-state index is 0.0347. The summed E-state index contributed by atoms with van der Waals surface area (Å²) in [6.07, 6.45) is 1.72. The van der Waals surface area contributed by atoms with Gasteiger partial charge in [-0.05, 0) is 37.0 Å². The Hall–Kier alpha value is -2.52. The average Bonchev–Trinajstić information content (AvgIpc) is 2.82. The van der Waals surface area contributed by atoms with E-state index in [9.17, 15) is 14.4 Å². The van der Waals surface area contributed by atoms with Gasteiger partial charge in [0.05, 0.1) is 18.9 Å². The molecule has 3 fully saturated rings. The third kappa shape index (κ3) is 4.94. The number of hydrogen-bond acceptors (Lipinski definition) is 6. The van der Waals surface area contributed by atoms with Crippen LogP contribution in [0, 0.1) is 11.8 Å². The van der Waals surface area contributed by atoms with Crippen molar-refractivity contribution in [2.75, 3.05) is 39.8 Å². The Morgan fingerprint density at radius 1 is 1.12 bits per heavy atom. The molecular weight excluding hydrogens is 428 g/mol. The minimum atomic E-state index is -0.266. The molecule has 2 aliphatic heterocycles. The number of carbonyl (C=O) groups excluding carboxylic acids is 3. The van der Waals surface area contributed by atoms with E-state index in [0.29, 0.717) is 32.4 Å². The van der Waals surface area contributed by atoms with Gasteiger partial charge in [0.1, 0.15) is 6.54 Å². The summed E-state index contributed by atoms with van der Waals surface area (Å²) < 4.78 is 4.86. The number of nitrogens with one attached hydrogen (secondary N) is 1. The Labute approximate surface area is 193 Å². The molecular formula is C23H30N4O4S. The first-order valence-corrected chi connectivity index (χ1v) is 11.6. The Morgan fingerprint density at radius 3 is 2.53 bits per heavy atom. The standard InChI is InChI=1S/C23H30N4O4S/c1-31-22(30)17-7-8-18-19(13-17)24-23(32)27(21(18)29)15-20(28)26-11-9-25(10-12-26)14-16-5-3-2-4-6-16/h2-6,17-19H,7-15H2,1H3,(H,24,32). The number of methoxy groups -OCH3 is 1. The Morgan fingerprint density at radius 2 is 1.84 bits per heavy atom. The van der Waals surface area contributed by atoms with Crippen molar-refractivity contribution in [2.45, 2.75) is 31.8 Å². The van der Waals surface area contributed by atoms with E-state index >= 15 is 0 Å². The van der Waals surface area contributed by atoms with Gasteiger partial charge in [0.2, 0.25) is 11.8 Å². The van der Waals surface area contributed by atoms with Crippen LogP contribution in [0.15, 0.2) is 30.3 Å². The molecule has 4 rings (SSSR count). The van der Waals surface area contributed by atoms with Crippen molar-refractivity contribution in [3.63, 3.8) is 0 Å². The molecule has 8 nitrogen and oxygen atoms in total. The van der Waals surface area contributed by atoms with Gasteiger partial charge < -0.3 is 15.0 Å². The average molecular weight is 459 g/mol. The summed E-state index contributed by atoms with van der Waals surface area (Å²) in [5.74, 6) is -0.919. The monoisotopic (exact) mass is 458 g/mol. The summed E-state index contributed by atoms with van der Waals surface area (Å²) in [5, 5.41) is 3.48. The molecule has 3 aliphatic rings. The lowest BCUT2D eigenvalue weighted by Gasteiger charge is -2.43. The van der Waals surface area contributed by atoms with Crippen molar-refractivity contribution in [1.29, 1.82) is 0 Å². The number of thiocarbonyl (C=S) groups is 1. The number of fused-ring (bicyclic) bond motifs is 1. The molecule has 0 aromatic heterocycles. The van der Waals surface area contributed by atoms with Crippen LogP contribution in [0.2, 0.25) is 0 Å². The second-order valence-electron chi connectivity index (χ2n) is 8.76. The largest absolute Gasteiger partial charge is 0.469 e. The highest BCUT2D eigenvalue weighted by atomic mass is 32.1. The molecule has 1 aromatic rings. The van der Waals surface area contributed by atoms with Crippen LogP contribution < -0.4 is 5.32 Å². The molecule has 1 N–H and O–H groups in total. The van der Waals surface area contributed by atoms with Crippen LogP contribution in [0.25, 0.3) is 0 Å². The van der Waals surface area contributed by atoms with Gasteiger partial charge >= 0.3 is 5.97 Å². The summed E-state index contributed by atoms with van der Waals surface area (Å²) in [5.41, 5.74) is 1.26. The van der Waals surface area contributed by atoms with Crippen LogP contribution in [0.5, 0.6) is 0 Å². The van der Waals surface area contributed by atoms with E-state index in [4.69, 9.17) is 17.0 Å². The van der Waals surface area contributed by atoms with E-state index in [1.54, 1.807) is 0 Å². The quantitative estimate of drug-likeness (QED) is 0.521. The summed E-state index contributed by atoms with van der Waals surface area (Å²) in [7, 11) is 1.38. The fourth-order valence-corrected chi connectivity index (χ4v) is 5.23. The van der Waals surface area contributed by atoms with Crippen molar-refractivity contribution in [3.05, 3.63) is 35.9 Å². The maximum atomic E-state index is 13.1. The van der Waals surface area contributed by atoms with Crippen molar-refractivity contribution >= 4 is 35.1 Å². The normalized spacial score (nSPS) is 26.3. The molecule has 1 aliphatic carbocycles. The number of carbonyl (C=O) groups is 3. The predicted molar refractivity (Wildman–Crippen MR) is 122 cm³/mol. The van der Waals surface area contributed by atoms with Gasteiger partial charge in [0.25, 0.3) is 0 Å². The van der Waals surface area contributed by atoms with E-state index in [1.807, 2.05) is 23.1 Å². The van der Waals surface area contributed by atoms with Gasteiger partial charge in [-0.15, -0.1) is 0 Å². The van der Waals surface area contributed by atoms with E-state index in [2.05, 4.69) is 22.3 Å². The molecule has 3 atom stereocenters. The molecule has 2 saturated heterocycles. The fraction of sp³-hybridized carbons (Fsp3) is 0.565. The molecule has 1 aromatic carbocycles. The van der Waals surface area contributed by atoms with E-state index in [-0.39, 0.29) is 47.3 Å². The summed E-state index contributed by atoms with van der Waals surface area (Å²) in [4.78, 5) is 43.5. The maximum absolute atomic E-state index is 13.1. The topological polar surface area (TPSA) is 82.2 Å². The van der Waals surface area contributed by atoms with Crippen molar-refractivity contribution in [2.24, 2.45) is 11.8 Å². The molecule has 9 heteroatoms. The second-order valence-corrected chi connectivity index (χ2v) is 9.15. The molecule has 32 heavy (non-hydrogen) atoms. The third-order valence-electron chi connectivity index (χ3n) is 6.79. The van der Waals surface area contributed by atoms with Crippen LogP contribution in [-0.4, -0.2) is 83.5 Å². The molecule has 172 valence electrons. The van der Waals surface area contributed by atoms with Crippen molar-refractivity contribution in [1.82, 2.24) is 20.0 Å². The van der Waals surface area contributed by atoms with Crippen LogP contribution in [0.4, 0.5) is 0 Å². The first-order chi connectivity index (χ1) is 15.5. The number of esters is 1. The van der Waals surface area contributed by atoms with Gasteiger partial charge in [-0.25, -0.2) is 0 Å². The lowest BCUT2D eigenvalue weighted by Crippen LogP contribution is -2.63. The Balaban J connectivity index is 1.29. The lowest BCUT2D eigenvalue weighted by molar-refractivity contribution is -0.149. The number of rotatable bonds is 5. The molecule has 1 saturated carbocycles. The number of hydrogen-bond donors (Lipinski definition) is 1. The smallest absolute Gasteiger partial charge is 0.308 e. The molecule has 0 spiro atoms. The van der Waals surface area contributed by atoms with Crippen LogP contribution in [0.3, 0.4) is 0 Å². The number of piperazine rings is 1. The number of benzene rings is 1. The second kappa shape index (κ2) is 9.95. The van der Waals surface area contributed by atoms with Gasteiger partial charge in [0.15, 0.2) is 5.11 Å². The van der Waals surface area contributed by atoms with Crippen LogP contribution >= 0.6 is 12.2 Å². The molecule has 0 bridgehead atoms. The lowest BCUT2D eigenvalue weighted by atomic mass is 9.76. The highest BCUT2D eigenvalue weighted by Gasteiger charge is 2.45. The van der Waals surface area contributed by atoms with Crippen LogP contribution in [-0.2, 0) is 25.7 Å². The predicted octanol–water partition coefficient (Wildman–Crippen LogP) is 1.01. The highest BCUT2D eigenvalue weighted by Crippen LogP contribution is 2.33. The van der Waals surface area contributed by atoms with E-state index in [1.165, 1.54) is 17.6 Å². The molecule has 0 radical (unpaired) electrons. The van der Waals surface area contributed by atoms with E-state index in [0.717, 1.165) is 19.6 Å². The Bertz CT molecular complexity index is 872. The first kappa shape index (κ1) is 22.7. The zero-order valence-corrected chi connectivity index (χ0v) is 19.2. The highest BCUT2D eigenvalue weighted by molar-refractivity contribution is 7.80. The fourth-order valence-electron chi connectivity index (χ4n) is 4.93. The van der Waals surface area contributed by atoms with Crippen molar-refractivity contribution < 1.29 is 19.1 Å². The third-order valence-corrected chi connectivity index (χ3v) is 7.13. The Kier molecular flexibility index (Phi) is 7.05. The SMILES string of the molecule is COC(=O)C1CCC2C(=O)N(CC(=O)N3CCN(Cc4ccccc4)CC3)C(=S)NC2C1. The zero-order valence-electron chi connectivity index (χ0n) is 18.4. The molecule has 2 amide bonds. The molecule has 2 heterocycles. The number of nitrogens with zero attached hydrogens (tertiary/aromatic N) is 3. The molecule has 3 unspecified atom stereocenters.